The number of halogens is 1. The number of carbonyl (C=O) groups is 1. The summed E-state index contributed by atoms with van der Waals surface area (Å²) in [6, 6.07) is 13.9. The predicted octanol–water partition coefficient (Wildman–Crippen LogP) is 4.35. The SMILES string of the molecule is CC(C)=NOc1ccccc1C(=O)c1ccccc1Cl. The highest BCUT2D eigenvalue weighted by atomic mass is 35.5. The number of ketones is 1. The number of hydrogen-bond donors (Lipinski definition) is 0. The fraction of sp³-hybridized carbons (Fsp3) is 0.125. The molecule has 0 unspecified atom stereocenters. The molecule has 0 radical (unpaired) electrons. The third-order valence-electron chi connectivity index (χ3n) is 2.58. The molecule has 0 aliphatic rings. The minimum atomic E-state index is -0.185. The molecule has 0 N–H and O–H groups in total. The van der Waals surface area contributed by atoms with Crippen molar-refractivity contribution >= 4 is 23.1 Å². The predicted molar refractivity (Wildman–Crippen MR) is 80.7 cm³/mol. The van der Waals surface area contributed by atoms with Gasteiger partial charge in [0.25, 0.3) is 0 Å². The Morgan fingerprint density at radius 2 is 1.60 bits per heavy atom. The molecule has 0 amide bonds. The van der Waals surface area contributed by atoms with Crippen LogP contribution in [0, 0.1) is 0 Å². The second-order valence-electron chi connectivity index (χ2n) is 4.43. The summed E-state index contributed by atoms with van der Waals surface area (Å²) < 4.78 is 0. The molecule has 0 spiro atoms. The Bertz CT molecular complexity index is 661. The average Bonchev–Trinajstić information content (AvgIpc) is 2.45. The standard InChI is InChI=1S/C16H14ClNO2/c1-11(2)18-20-15-10-6-4-8-13(15)16(19)12-7-3-5-9-14(12)17/h3-10H,1-2H3. The molecule has 2 aromatic rings. The van der Waals surface area contributed by atoms with E-state index < -0.39 is 0 Å². The molecule has 0 heterocycles. The lowest BCUT2D eigenvalue weighted by molar-refractivity contribution is 0.103. The zero-order chi connectivity index (χ0) is 14.5. The maximum atomic E-state index is 12.5. The third-order valence-corrected chi connectivity index (χ3v) is 2.91. The van der Waals surface area contributed by atoms with Gasteiger partial charge in [-0.1, -0.05) is 41.0 Å². The van der Waals surface area contributed by atoms with Crippen LogP contribution in [-0.2, 0) is 0 Å². The van der Waals surface area contributed by atoms with Crippen LogP contribution in [0.2, 0.25) is 5.02 Å². The van der Waals surface area contributed by atoms with Gasteiger partial charge in [0.15, 0.2) is 11.5 Å². The van der Waals surface area contributed by atoms with Gasteiger partial charge in [0, 0.05) is 5.56 Å². The Kier molecular flexibility index (Phi) is 4.53. The number of carbonyl (C=O) groups excluding carboxylic acids is 1. The van der Waals surface area contributed by atoms with Crippen molar-refractivity contribution in [1.29, 1.82) is 0 Å². The van der Waals surface area contributed by atoms with Crippen molar-refractivity contribution in [2.75, 3.05) is 0 Å². The fourth-order valence-corrected chi connectivity index (χ4v) is 1.89. The van der Waals surface area contributed by atoms with Gasteiger partial charge in [-0.2, -0.15) is 0 Å². The van der Waals surface area contributed by atoms with E-state index in [1.165, 1.54) is 0 Å². The first kappa shape index (κ1) is 14.3. The second kappa shape index (κ2) is 6.35. The largest absolute Gasteiger partial charge is 0.356 e. The van der Waals surface area contributed by atoms with Crippen LogP contribution >= 0.6 is 11.6 Å². The molecule has 3 nitrogen and oxygen atoms in total. The molecule has 20 heavy (non-hydrogen) atoms. The number of para-hydroxylation sites is 1. The number of rotatable bonds is 4. The summed E-state index contributed by atoms with van der Waals surface area (Å²) in [5, 5.41) is 4.30. The molecule has 0 saturated heterocycles. The van der Waals surface area contributed by atoms with Crippen LogP contribution in [0.25, 0.3) is 0 Å². The van der Waals surface area contributed by atoms with E-state index in [0.717, 1.165) is 5.71 Å². The first-order valence-corrected chi connectivity index (χ1v) is 6.54. The molecule has 2 rings (SSSR count). The highest BCUT2D eigenvalue weighted by Crippen LogP contribution is 2.25. The number of oxime groups is 1. The number of hydrogen-bond acceptors (Lipinski definition) is 3. The molecule has 4 heteroatoms. The van der Waals surface area contributed by atoms with Crippen molar-refractivity contribution in [1.82, 2.24) is 0 Å². The van der Waals surface area contributed by atoms with Gasteiger partial charge in [0.1, 0.15) is 0 Å². The zero-order valence-electron chi connectivity index (χ0n) is 11.3. The first-order valence-electron chi connectivity index (χ1n) is 6.16. The van der Waals surface area contributed by atoms with Gasteiger partial charge in [-0.15, -0.1) is 0 Å². The van der Waals surface area contributed by atoms with E-state index in [9.17, 15) is 4.79 Å². The van der Waals surface area contributed by atoms with Crippen molar-refractivity contribution in [3.63, 3.8) is 0 Å². The summed E-state index contributed by atoms with van der Waals surface area (Å²) in [4.78, 5) is 17.8. The van der Waals surface area contributed by atoms with Gasteiger partial charge >= 0.3 is 0 Å². The Morgan fingerprint density at radius 1 is 1.00 bits per heavy atom. The van der Waals surface area contributed by atoms with Gasteiger partial charge in [-0.3, -0.25) is 4.79 Å². The Balaban J connectivity index is 2.40. The van der Waals surface area contributed by atoms with E-state index >= 15 is 0 Å². The Hall–Kier alpha value is -2.13. The van der Waals surface area contributed by atoms with Gasteiger partial charge in [0.2, 0.25) is 0 Å². The third kappa shape index (κ3) is 3.25. The molecule has 0 aliphatic carbocycles. The van der Waals surface area contributed by atoms with Crippen LogP contribution in [0.15, 0.2) is 53.7 Å². The molecule has 0 aliphatic heterocycles. The molecule has 0 aromatic heterocycles. The van der Waals surface area contributed by atoms with E-state index in [1.807, 2.05) is 13.8 Å². The summed E-state index contributed by atoms with van der Waals surface area (Å²) in [7, 11) is 0. The van der Waals surface area contributed by atoms with E-state index in [0.29, 0.717) is 21.9 Å². The van der Waals surface area contributed by atoms with Gasteiger partial charge < -0.3 is 4.84 Å². The van der Waals surface area contributed by atoms with E-state index in [1.54, 1.807) is 48.5 Å². The zero-order valence-corrected chi connectivity index (χ0v) is 12.0. The van der Waals surface area contributed by atoms with Crippen LogP contribution in [0.5, 0.6) is 5.75 Å². The monoisotopic (exact) mass is 287 g/mol. The van der Waals surface area contributed by atoms with Crippen molar-refractivity contribution in [2.45, 2.75) is 13.8 Å². The molecule has 0 atom stereocenters. The normalized spacial score (nSPS) is 9.95. The van der Waals surface area contributed by atoms with Gasteiger partial charge in [-0.25, -0.2) is 0 Å². The molecular weight excluding hydrogens is 274 g/mol. The summed E-state index contributed by atoms with van der Waals surface area (Å²) in [5.41, 5.74) is 1.65. The molecule has 102 valence electrons. The maximum absolute atomic E-state index is 12.5. The van der Waals surface area contributed by atoms with Gasteiger partial charge in [0.05, 0.1) is 16.3 Å². The summed E-state index contributed by atoms with van der Waals surface area (Å²) >= 11 is 6.06. The van der Waals surface area contributed by atoms with Crippen molar-refractivity contribution < 1.29 is 9.63 Å². The average molecular weight is 288 g/mol. The lowest BCUT2D eigenvalue weighted by atomic mass is 10.0. The van der Waals surface area contributed by atoms with E-state index in [2.05, 4.69) is 5.16 Å². The molecule has 0 saturated carbocycles. The van der Waals surface area contributed by atoms with Crippen molar-refractivity contribution in [3.8, 4) is 5.75 Å². The Labute approximate surface area is 122 Å². The van der Waals surface area contributed by atoms with Crippen LogP contribution in [-0.4, -0.2) is 11.5 Å². The minimum absolute atomic E-state index is 0.185. The first-order chi connectivity index (χ1) is 9.59. The topological polar surface area (TPSA) is 38.7 Å². The quantitative estimate of drug-likeness (QED) is 0.476. The molecule has 0 fully saturated rings. The smallest absolute Gasteiger partial charge is 0.198 e. The lowest BCUT2D eigenvalue weighted by Gasteiger charge is -2.07. The minimum Gasteiger partial charge on any atom is -0.356 e. The lowest BCUT2D eigenvalue weighted by Crippen LogP contribution is -2.04. The fourth-order valence-electron chi connectivity index (χ4n) is 1.66. The summed E-state index contributed by atoms with van der Waals surface area (Å²) in [6.07, 6.45) is 0. The van der Waals surface area contributed by atoms with Gasteiger partial charge in [-0.05, 0) is 38.1 Å². The Morgan fingerprint density at radius 3 is 2.25 bits per heavy atom. The van der Waals surface area contributed by atoms with Crippen LogP contribution < -0.4 is 4.84 Å². The molecular formula is C16H14ClNO2. The molecule has 0 bridgehead atoms. The highest BCUT2D eigenvalue weighted by molar-refractivity contribution is 6.35. The number of nitrogens with zero attached hydrogens (tertiary/aromatic N) is 1. The van der Waals surface area contributed by atoms with E-state index in [-0.39, 0.29) is 5.78 Å². The van der Waals surface area contributed by atoms with Crippen molar-refractivity contribution in [2.24, 2.45) is 5.16 Å². The summed E-state index contributed by atoms with van der Waals surface area (Å²) in [6.45, 7) is 3.64. The van der Waals surface area contributed by atoms with Crippen molar-refractivity contribution in [3.05, 3.63) is 64.7 Å². The van der Waals surface area contributed by atoms with Crippen LogP contribution in [0.3, 0.4) is 0 Å². The maximum Gasteiger partial charge on any atom is 0.198 e. The van der Waals surface area contributed by atoms with E-state index in [4.69, 9.17) is 16.4 Å². The number of benzene rings is 2. The summed E-state index contributed by atoms with van der Waals surface area (Å²) in [5.74, 6) is 0.230. The second-order valence-corrected chi connectivity index (χ2v) is 4.84. The van der Waals surface area contributed by atoms with Crippen LogP contribution in [0.1, 0.15) is 29.8 Å². The van der Waals surface area contributed by atoms with Crippen LogP contribution in [0.4, 0.5) is 0 Å². The highest BCUT2D eigenvalue weighted by Gasteiger charge is 2.16. The molecule has 2 aromatic carbocycles.